The van der Waals surface area contributed by atoms with Crippen LogP contribution in [0.4, 0.5) is 0 Å². The number of aryl methyl sites for hydroxylation is 1. The standard InChI is InChI=1S/C11H17N3OS/c15-7-8-3-4-10-12-11(13-14(10)6-8)9-2-1-5-16-9/h8-9,15H,1-7H2. The normalized spacial score (nSPS) is 29.3. The zero-order valence-corrected chi connectivity index (χ0v) is 10.1. The fraction of sp³-hybridized carbons (Fsp3) is 0.818. The third-order valence-corrected chi connectivity index (χ3v) is 4.82. The summed E-state index contributed by atoms with van der Waals surface area (Å²) in [6.45, 7) is 1.11. The van der Waals surface area contributed by atoms with Crippen LogP contribution in [0.3, 0.4) is 0 Å². The summed E-state index contributed by atoms with van der Waals surface area (Å²) in [5, 5.41) is 14.3. The molecule has 1 aromatic heterocycles. The van der Waals surface area contributed by atoms with Gasteiger partial charge >= 0.3 is 0 Å². The summed E-state index contributed by atoms with van der Waals surface area (Å²) in [7, 11) is 0. The van der Waals surface area contributed by atoms with Gasteiger partial charge < -0.3 is 5.11 Å². The van der Waals surface area contributed by atoms with Crippen LogP contribution in [0.15, 0.2) is 0 Å². The number of hydrogen-bond acceptors (Lipinski definition) is 4. The minimum absolute atomic E-state index is 0.271. The van der Waals surface area contributed by atoms with Crippen molar-refractivity contribution in [1.29, 1.82) is 0 Å². The van der Waals surface area contributed by atoms with Gasteiger partial charge in [0, 0.05) is 25.5 Å². The first-order chi connectivity index (χ1) is 7.86. The molecule has 3 heterocycles. The largest absolute Gasteiger partial charge is 0.396 e. The molecule has 4 nitrogen and oxygen atoms in total. The maximum Gasteiger partial charge on any atom is 0.163 e. The number of aromatic nitrogens is 3. The highest BCUT2D eigenvalue weighted by Gasteiger charge is 2.26. The molecule has 1 saturated heterocycles. The van der Waals surface area contributed by atoms with Gasteiger partial charge in [0.25, 0.3) is 0 Å². The number of aliphatic hydroxyl groups is 1. The van der Waals surface area contributed by atoms with Crippen LogP contribution in [0.1, 0.15) is 36.2 Å². The predicted octanol–water partition coefficient (Wildman–Crippen LogP) is 1.40. The summed E-state index contributed by atoms with van der Waals surface area (Å²) in [5.74, 6) is 3.76. The highest BCUT2D eigenvalue weighted by atomic mass is 32.2. The van der Waals surface area contributed by atoms with Crippen LogP contribution in [0.5, 0.6) is 0 Å². The van der Waals surface area contributed by atoms with Gasteiger partial charge in [0.2, 0.25) is 0 Å². The van der Waals surface area contributed by atoms with Crippen molar-refractivity contribution in [1.82, 2.24) is 14.8 Å². The summed E-state index contributed by atoms with van der Waals surface area (Å²) in [4.78, 5) is 4.65. The van der Waals surface area contributed by atoms with Crippen LogP contribution >= 0.6 is 11.8 Å². The van der Waals surface area contributed by atoms with Gasteiger partial charge in [-0.3, -0.25) is 0 Å². The van der Waals surface area contributed by atoms with Crippen molar-refractivity contribution in [2.24, 2.45) is 5.92 Å². The molecular formula is C11H17N3OS. The van der Waals surface area contributed by atoms with Crippen LogP contribution in [-0.4, -0.2) is 32.2 Å². The Hall–Kier alpha value is -0.550. The van der Waals surface area contributed by atoms with Crippen molar-refractivity contribution < 1.29 is 5.11 Å². The molecule has 3 rings (SSSR count). The van der Waals surface area contributed by atoms with E-state index in [4.69, 9.17) is 5.11 Å². The van der Waals surface area contributed by atoms with Crippen molar-refractivity contribution in [3.63, 3.8) is 0 Å². The van der Waals surface area contributed by atoms with Crippen LogP contribution in [-0.2, 0) is 13.0 Å². The van der Waals surface area contributed by atoms with E-state index in [9.17, 15) is 0 Å². The van der Waals surface area contributed by atoms with E-state index in [1.54, 1.807) is 0 Å². The summed E-state index contributed by atoms with van der Waals surface area (Å²) >= 11 is 1.98. The topological polar surface area (TPSA) is 50.9 Å². The highest BCUT2D eigenvalue weighted by molar-refractivity contribution is 7.99. The van der Waals surface area contributed by atoms with Gasteiger partial charge in [-0.1, -0.05) is 0 Å². The number of nitrogens with zero attached hydrogens (tertiary/aromatic N) is 3. The predicted molar refractivity (Wildman–Crippen MR) is 63.4 cm³/mol. The Kier molecular flexibility index (Phi) is 2.90. The highest BCUT2D eigenvalue weighted by Crippen LogP contribution is 2.38. The van der Waals surface area contributed by atoms with E-state index in [-0.39, 0.29) is 6.61 Å². The number of hydrogen-bond donors (Lipinski definition) is 1. The Morgan fingerprint density at radius 1 is 1.44 bits per heavy atom. The number of rotatable bonds is 2. The Bertz CT molecular complexity index is 373. The quantitative estimate of drug-likeness (QED) is 0.847. The Balaban J connectivity index is 1.80. The fourth-order valence-corrected chi connectivity index (χ4v) is 3.66. The second kappa shape index (κ2) is 4.37. The molecule has 0 aromatic carbocycles. The van der Waals surface area contributed by atoms with E-state index in [1.165, 1.54) is 18.6 Å². The van der Waals surface area contributed by atoms with Gasteiger partial charge in [-0.2, -0.15) is 16.9 Å². The molecule has 2 unspecified atom stereocenters. The van der Waals surface area contributed by atoms with Crippen molar-refractivity contribution in [2.45, 2.75) is 37.5 Å². The summed E-state index contributed by atoms with van der Waals surface area (Å²) in [6, 6.07) is 0. The molecule has 0 saturated carbocycles. The first-order valence-corrected chi connectivity index (χ1v) is 7.08. The van der Waals surface area contributed by atoms with E-state index >= 15 is 0 Å². The van der Waals surface area contributed by atoms with Crippen molar-refractivity contribution in [2.75, 3.05) is 12.4 Å². The summed E-state index contributed by atoms with van der Waals surface area (Å²) in [5.41, 5.74) is 0. The second-order valence-corrected chi connectivity index (χ2v) is 5.97. The van der Waals surface area contributed by atoms with Crippen LogP contribution in [0.25, 0.3) is 0 Å². The molecule has 1 N–H and O–H groups in total. The number of thioether (sulfide) groups is 1. The van der Waals surface area contributed by atoms with Gasteiger partial charge in [0.1, 0.15) is 5.82 Å². The maximum absolute atomic E-state index is 9.17. The third-order valence-electron chi connectivity index (χ3n) is 3.45. The second-order valence-electron chi connectivity index (χ2n) is 4.66. The van der Waals surface area contributed by atoms with Gasteiger partial charge in [-0.15, -0.1) is 0 Å². The smallest absolute Gasteiger partial charge is 0.163 e. The Morgan fingerprint density at radius 2 is 2.38 bits per heavy atom. The van der Waals surface area contributed by atoms with Crippen LogP contribution in [0, 0.1) is 5.92 Å². The summed E-state index contributed by atoms with van der Waals surface area (Å²) < 4.78 is 2.01. The Labute approximate surface area is 99.4 Å². The Morgan fingerprint density at radius 3 is 3.12 bits per heavy atom. The van der Waals surface area contributed by atoms with Crippen molar-refractivity contribution >= 4 is 11.8 Å². The SMILES string of the molecule is OCC1CCc2nc(C3CCCS3)nn2C1. The van der Waals surface area contributed by atoms with Gasteiger partial charge in [-0.05, 0) is 25.0 Å². The molecule has 16 heavy (non-hydrogen) atoms. The monoisotopic (exact) mass is 239 g/mol. The average molecular weight is 239 g/mol. The van der Waals surface area contributed by atoms with E-state index in [0.29, 0.717) is 11.2 Å². The molecule has 0 spiro atoms. The molecule has 2 aliphatic heterocycles. The fourth-order valence-electron chi connectivity index (χ4n) is 2.46. The lowest BCUT2D eigenvalue weighted by Gasteiger charge is -2.19. The molecule has 1 aromatic rings. The maximum atomic E-state index is 9.17. The molecule has 1 fully saturated rings. The van der Waals surface area contributed by atoms with Crippen molar-refractivity contribution in [3.05, 3.63) is 11.6 Å². The molecule has 5 heteroatoms. The molecule has 88 valence electrons. The molecule has 0 bridgehead atoms. The average Bonchev–Trinajstić information content (AvgIpc) is 2.96. The number of fused-ring (bicyclic) bond motifs is 1. The zero-order chi connectivity index (χ0) is 11.0. The van der Waals surface area contributed by atoms with Crippen molar-refractivity contribution in [3.8, 4) is 0 Å². The molecule has 0 aliphatic carbocycles. The van der Waals surface area contributed by atoms with E-state index in [0.717, 1.165) is 31.0 Å². The number of aliphatic hydroxyl groups excluding tert-OH is 1. The third kappa shape index (κ3) is 1.86. The molecule has 0 radical (unpaired) electrons. The first kappa shape index (κ1) is 10.6. The zero-order valence-electron chi connectivity index (χ0n) is 9.30. The van der Waals surface area contributed by atoms with Gasteiger partial charge in [0.05, 0.1) is 5.25 Å². The molecule has 2 aliphatic rings. The molecule has 0 amide bonds. The lowest BCUT2D eigenvalue weighted by molar-refractivity contribution is 0.185. The van der Waals surface area contributed by atoms with E-state index in [1.807, 2.05) is 16.4 Å². The van der Waals surface area contributed by atoms with Gasteiger partial charge in [0.15, 0.2) is 5.82 Å². The lowest BCUT2D eigenvalue weighted by atomic mass is 10.0. The minimum atomic E-state index is 0.271. The molecular weight excluding hydrogens is 222 g/mol. The molecule has 2 atom stereocenters. The minimum Gasteiger partial charge on any atom is -0.396 e. The first-order valence-electron chi connectivity index (χ1n) is 6.03. The summed E-state index contributed by atoms with van der Waals surface area (Å²) in [6.07, 6.45) is 4.53. The van der Waals surface area contributed by atoms with Crippen LogP contribution in [0.2, 0.25) is 0 Å². The van der Waals surface area contributed by atoms with Gasteiger partial charge in [-0.25, -0.2) is 9.67 Å². The van der Waals surface area contributed by atoms with E-state index in [2.05, 4.69) is 10.1 Å². The lowest BCUT2D eigenvalue weighted by Crippen LogP contribution is -2.23. The van der Waals surface area contributed by atoms with E-state index < -0.39 is 0 Å². The van der Waals surface area contributed by atoms with Crippen LogP contribution < -0.4 is 0 Å².